The summed E-state index contributed by atoms with van der Waals surface area (Å²) in [7, 11) is 0. The topological polar surface area (TPSA) is 52.6 Å². The van der Waals surface area contributed by atoms with E-state index in [1.807, 2.05) is 27.7 Å². The third-order valence-corrected chi connectivity index (χ3v) is 3.02. The summed E-state index contributed by atoms with van der Waals surface area (Å²) in [4.78, 5) is 24.1. The number of ketones is 2. The molecule has 0 aromatic carbocycles. The molecular formula is C14H18Cl2O4. The lowest BCUT2D eigenvalue weighted by atomic mass is 10.1. The van der Waals surface area contributed by atoms with Gasteiger partial charge in [-0.15, -0.1) is 0 Å². The van der Waals surface area contributed by atoms with E-state index >= 15 is 0 Å². The van der Waals surface area contributed by atoms with Gasteiger partial charge in [0.2, 0.25) is 11.6 Å². The van der Waals surface area contributed by atoms with Gasteiger partial charge in [0.05, 0.1) is 13.2 Å². The average Bonchev–Trinajstić information content (AvgIpc) is 2.35. The van der Waals surface area contributed by atoms with Crippen LogP contribution in [0.3, 0.4) is 0 Å². The third-order valence-electron chi connectivity index (χ3n) is 2.33. The van der Waals surface area contributed by atoms with Crippen LogP contribution in [0.1, 0.15) is 27.7 Å². The van der Waals surface area contributed by atoms with Crippen LogP contribution in [0, 0.1) is 11.8 Å². The van der Waals surface area contributed by atoms with Gasteiger partial charge in [-0.1, -0.05) is 50.9 Å². The highest BCUT2D eigenvalue weighted by atomic mass is 35.5. The average molecular weight is 321 g/mol. The first-order valence-electron chi connectivity index (χ1n) is 6.40. The first kappa shape index (κ1) is 17.1. The van der Waals surface area contributed by atoms with E-state index < -0.39 is 11.6 Å². The van der Waals surface area contributed by atoms with Crippen LogP contribution in [0.15, 0.2) is 21.6 Å². The maximum atomic E-state index is 12.1. The SMILES string of the molecule is CC(C)COC1=C(Cl)C(=O)C(OCC(C)C)=C(Cl)C1=O. The molecular weight excluding hydrogens is 303 g/mol. The maximum absolute atomic E-state index is 12.1. The van der Waals surface area contributed by atoms with Crippen LogP contribution in [0.25, 0.3) is 0 Å². The first-order chi connectivity index (χ1) is 9.25. The van der Waals surface area contributed by atoms with E-state index in [0.717, 1.165) is 0 Å². The minimum atomic E-state index is -0.615. The summed E-state index contributed by atoms with van der Waals surface area (Å²) in [6.45, 7) is 8.21. The lowest BCUT2D eigenvalue weighted by molar-refractivity contribution is -0.120. The van der Waals surface area contributed by atoms with E-state index in [1.54, 1.807) is 0 Å². The normalized spacial score (nSPS) is 16.6. The number of ether oxygens (including phenoxy) is 2. The van der Waals surface area contributed by atoms with Crippen LogP contribution in [0.2, 0.25) is 0 Å². The Balaban J connectivity index is 2.96. The Labute approximate surface area is 128 Å². The molecule has 0 aromatic rings. The van der Waals surface area contributed by atoms with Crippen LogP contribution in [0.5, 0.6) is 0 Å². The fraction of sp³-hybridized carbons (Fsp3) is 0.571. The zero-order chi connectivity index (χ0) is 15.4. The molecule has 1 aliphatic rings. The smallest absolute Gasteiger partial charge is 0.244 e. The lowest BCUT2D eigenvalue weighted by Gasteiger charge is -2.20. The van der Waals surface area contributed by atoms with Crippen LogP contribution >= 0.6 is 23.2 Å². The molecule has 0 saturated heterocycles. The Morgan fingerprint density at radius 1 is 0.800 bits per heavy atom. The zero-order valence-electron chi connectivity index (χ0n) is 12.0. The summed E-state index contributed by atoms with van der Waals surface area (Å²) >= 11 is 11.8. The van der Waals surface area contributed by atoms with E-state index in [9.17, 15) is 9.59 Å². The number of rotatable bonds is 6. The number of hydrogen-bond donors (Lipinski definition) is 0. The number of hydrogen-bond acceptors (Lipinski definition) is 4. The Bertz CT molecular complexity index is 432. The number of allylic oxidation sites excluding steroid dienone is 2. The summed E-state index contributed by atoms with van der Waals surface area (Å²) < 4.78 is 10.6. The largest absolute Gasteiger partial charge is 0.488 e. The minimum absolute atomic E-state index is 0.191. The van der Waals surface area contributed by atoms with Crippen molar-refractivity contribution in [1.82, 2.24) is 0 Å². The highest BCUT2D eigenvalue weighted by Gasteiger charge is 2.36. The van der Waals surface area contributed by atoms with Gasteiger partial charge in [0.25, 0.3) is 0 Å². The van der Waals surface area contributed by atoms with Crippen molar-refractivity contribution in [2.45, 2.75) is 27.7 Å². The van der Waals surface area contributed by atoms with Gasteiger partial charge < -0.3 is 9.47 Å². The summed E-state index contributed by atoms with van der Waals surface area (Å²) in [6, 6.07) is 0. The van der Waals surface area contributed by atoms with Crippen molar-refractivity contribution in [1.29, 1.82) is 0 Å². The molecule has 0 unspecified atom stereocenters. The van der Waals surface area contributed by atoms with Crippen LogP contribution in [0.4, 0.5) is 0 Å². The highest BCUT2D eigenvalue weighted by Crippen LogP contribution is 2.31. The van der Waals surface area contributed by atoms with Gasteiger partial charge in [0.1, 0.15) is 10.1 Å². The monoisotopic (exact) mass is 320 g/mol. The molecule has 1 aliphatic carbocycles. The van der Waals surface area contributed by atoms with Gasteiger partial charge in [-0.2, -0.15) is 0 Å². The second-order valence-corrected chi connectivity index (χ2v) is 6.11. The van der Waals surface area contributed by atoms with Gasteiger partial charge >= 0.3 is 0 Å². The number of halogens is 2. The molecule has 6 heteroatoms. The minimum Gasteiger partial charge on any atom is -0.488 e. The van der Waals surface area contributed by atoms with E-state index in [1.165, 1.54) is 0 Å². The van der Waals surface area contributed by atoms with Crippen molar-refractivity contribution in [3.63, 3.8) is 0 Å². The molecule has 0 heterocycles. The summed E-state index contributed by atoms with van der Waals surface area (Å²) in [5, 5.41) is -0.558. The molecule has 4 nitrogen and oxygen atoms in total. The maximum Gasteiger partial charge on any atom is 0.244 e. The third kappa shape index (κ3) is 4.00. The fourth-order valence-corrected chi connectivity index (χ4v) is 1.82. The molecule has 0 atom stereocenters. The quantitative estimate of drug-likeness (QED) is 0.704. The number of carbonyl (C=O) groups excluding carboxylic acids is 2. The van der Waals surface area contributed by atoms with Crippen molar-refractivity contribution in [2.24, 2.45) is 11.8 Å². The Morgan fingerprint density at radius 2 is 1.10 bits per heavy atom. The zero-order valence-corrected chi connectivity index (χ0v) is 13.5. The van der Waals surface area contributed by atoms with E-state index in [0.29, 0.717) is 0 Å². The lowest BCUT2D eigenvalue weighted by Crippen LogP contribution is -2.24. The van der Waals surface area contributed by atoms with Gasteiger partial charge in [-0.05, 0) is 11.8 Å². The first-order valence-corrected chi connectivity index (χ1v) is 7.15. The van der Waals surface area contributed by atoms with Gasteiger partial charge in [0.15, 0.2) is 11.5 Å². The van der Waals surface area contributed by atoms with Gasteiger partial charge in [-0.25, -0.2) is 0 Å². The van der Waals surface area contributed by atoms with Crippen molar-refractivity contribution < 1.29 is 19.1 Å². The molecule has 0 N–H and O–H groups in total. The van der Waals surface area contributed by atoms with E-state index in [4.69, 9.17) is 32.7 Å². The molecule has 0 radical (unpaired) electrons. The molecule has 0 spiro atoms. The highest BCUT2D eigenvalue weighted by molar-refractivity contribution is 6.55. The molecule has 20 heavy (non-hydrogen) atoms. The Hall–Kier alpha value is -1.00. The molecule has 0 bridgehead atoms. The summed E-state index contributed by atoms with van der Waals surface area (Å²) in [6.07, 6.45) is 0. The number of carbonyl (C=O) groups is 2. The van der Waals surface area contributed by atoms with E-state index in [2.05, 4.69) is 0 Å². The van der Waals surface area contributed by atoms with E-state index in [-0.39, 0.29) is 46.6 Å². The molecule has 1 rings (SSSR count). The molecule has 112 valence electrons. The second kappa shape index (κ2) is 7.14. The van der Waals surface area contributed by atoms with Gasteiger partial charge in [-0.3, -0.25) is 9.59 Å². The fourth-order valence-electron chi connectivity index (χ4n) is 1.36. The predicted molar refractivity (Wildman–Crippen MR) is 77.4 cm³/mol. The molecule has 0 amide bonds. The van der Waals surface area contributed by atoms with Crippen LogP contribution < -0.4 is 0 Å². The standard InChI is InChI=1S/C14H18Cl2O4/c1-7(2)5-19-13-9(15)12(18)14(10(16)11(13)17)20-6-8(3)4/h7-8H,5-6H2,1-4H3. The second-order valence-electron chi connectivity index (χ2n) is 5.35. The van der Waals surface area contributed by atoms with Crippen LogP contribution in [-0.4, -0.2) is 24.8 Å². The molecule has 0 fully saturated rings. The summed E-state index contributed by atoms with van der Waals surface area (Å²) in [5.41, 5.74) is 0. The predicted octanol–water partition coefficient (Wildman–Crippen LogP) is 3.38. The van der Waals surface area contributed by atoms with Crippen molar-refractivity contribution >= 4 is 34.8 Å². The Morgan fingerprint density at radius 3 is 1.35 bits per heavy atom. The Kier molecular flexibility index (Phi) is 6.08. The molecule has 0 aliphatic heterocycles. The van der Waals surface area contributed by atoms with Crippen LogP contribution in [-0.2, 0) is 19.1 Å². The van der Waals surface area contributed by atoms with Crippen molar-refractivity contribution in [2.75, 3.05) is 13.2 Å². The van der Waals surface area contributed by atoms with Crippen molar-refractivity contribution in [3.05, 3.63) is 21.6 Å². The summed E-state index contributed by atoms with van der Waals surface area (Å²) in [5.74, 6) is -1.25. The molecule has 0 aromatic heterocycles. The van der Waals surface area contributed by atoms with Gasteiger partial charge in [0, 0.05) is 0 Å². The van der Waals surface area contributed by atoms with Crippen molar-refractivity contribution in [3.8, 4) is 0 Å². The number of Topliss-reactive ketones (excluding diaryl/α,β-unsaturated/α-hetero) is 2. The molecule has 0 saturated carbocycles.